The van der Waals surface area contributed by atoms with Gasteiger partial charge in [0, 0.05) is 27.8 Å². The molecule has 6 heteroatoms. The molecule has 6 rings (SSSR count). The molecule has 1 spiro atoms. The Labute approximate surface area is 208 Å². The number of methoxy groups -OCH3 is 1. The second kappa shape index (κ2) is 7.65. The van der Waals surface area contributed by atoms with Crippen LogP contribution in [0.3, 0.4) is 0 Å². The topological polar surface area (TPSA) is 63.7 Å². The van der Waals surface area contributed by atoms with E-state index in [1.807, 2.05) is 53.5 Å². The lowest BCUT2D eigenvalue weighted by molar-refractivity contribution is -0.118. The number of anilines is 1. The summed E-state index contributed by atoms with van der Waals surface area (Å²) in [5.74, 6) is -0.715. The van der Waals surface area contributed by atoms with Crippen LogP contribution in [-0.2, 0) is 4.79 Å². The Bertz CT molecular complexity index is 1420. The standard InChI is InChI=1S/C29H22ClNO4/c1-16(32)26-25(18-6-5-7-20(15-18)35-2)29(27(33)21-8-3-4-9-22(21)28(29)34)24-13-10-17-14-19(30)11-12-23(17)31(24)26/h3-15,24-26H,1-2H3. The van der Waals surface area contributed by atoms with E-state index in [9.17, 15) is 14.4 Å². The molecule has 0 amide bonds. The lowest BCUT2D eigenvalue weighted by atomic mass is 9.64. The molecule has 3 atom stereocenters. The Kier molecular flexibility index (Phi) is 4.77. The zero-order valence-corrected chi connectivity index (χ0v) is 20.0. The van der Waals surface area contributed by atoms with Gasteiger partial charge in [-0.15, -0.1) is 0 Å². The molecular formula is C29H22ClNO4. The third-order valence-corrected chi connectivity index (χ3v) is 7.87. The molecule has 0 saturated carbocycles. The fraction of sp³-hybridized carbons (Fsp3) is 0.207. The Morgan fingerprint density at radius 3 is 2.34 bits per heavy atom. The van der Waals surface area contributed by atoms with E-state index >= 15 is 0 Å². The molecule has 0 bridgehead atoms. The summed E-state index contributed by atoms with van der Waals surface area (Å²) in [7, 11) is 1.57. The van der Waals surface area contributed by atoms with Crippen LogP contribution in [0.5, 0.6) is 5.75 Å². The Hall–Kier alpha value is -3.70. The fourth-order valence-corrected chi connectivity index (χ4v) is 6.49. The van der Waals surface area contributed by atoms with Gasteiger partial charge in [-0.05, 0) is 48.4 Å². The van der Waals surface area contributed by atoms with Crippen molar-refractivity contribution in [3.8, 4) is 5.75 Å². The van der Waals surface area contributed by atoms with E-state index in [1.165, 1.54) is 6.92 Å². The highest BCUT2D eigenvalue weighted by Crippen LogP contribution is 2.60. The van der Waals surface area contributed by atoms with Gasteiger partial charge in [0.1, 0.15) is 11.2 Å². The number of halogens is 1. The van der Waals surface area contributed by atoms with Crippen molar-refractivity contribution in [2.24, 2.45) is 5.41 Å². The maximum atomic E-state index is 14.3. The first-order valence-electron chi connectivity index (χ1n) is 11.5. The normalized spacial score (nSPS) is 23.3. The minimum atomic E-state index is -1.49. The predicted molar refractivity (Wildman–Crippen MR) is 134 cm³/mol. The largest absolute Gasteiger partial charge is 0.497 e. The summed E-state index contributed by atoms with van der Waals surface area (Å²) in [5.41, 5.74) is 1.67. The molecule has 3 aliphatic rings. The molecule has 174 valence electrons. The van der Waals surface area contributed by atoms with Crippen LogP contribution in [0.4, 0.5) is 5.69 Å². The van der Waals surface area contributed by atoms with Gasteiger partial charge in [-0.3, -0.25) is 14.4 Å². The van der Waals surface area contributed by atoms with Crippen molar-refractivity contribution in [1.29, 1.82) is 0 Å². The number of hydrogen-bond acceptors (Lipinski definition) is 5. The molecule has 3 unspecified atom stereocenters. The molecule has 1 fully saturated rings. The predicted octanol–water partition coefficient (Wildman–Crippen LogP) is 5.37. The van der Waals surface area contributed by atoms with E-state index < -0.39 is 23.4 Å². The maximum absolute atomic E-state index is 14.3. The first-order chi connectivity index (χ1) is 16.9. The number of Topliss-reactive ketones (excluding diaryl/α,β-unsaturated/α-hetero) is 3. The van der Waals surface area contributed by atoms with Gasteiger partial charge in [-0.2, -0.15) is 0 Å². The quantitative estimate of drug-likeness (QED) is 0.468. The summed E-state index contributed by atoms with van der Waals surface area (Å²) < 4.78 is 5.47. The van der Waals surface area contributed by atoms with Gasteiger partial charge in [0.25, 0.3) is 0 Å². The molecule has 2 aliphatic heterocycles. The summed E-state index contributed by atoms with van der Waals surface area (Å²) in [6.07, 6.45) is 3.79. The van der Waals surface area contributed by atoms with Gasteiger partial charge in [-0.25, -0.2) is 0 Å². The van der Waals surface area contributed by atoms with E-state index in [4.69, 9.17) is 16.3 Å². The van der Waals surface area contributed by atoms with Gasteiger partial charge >= 0.3 is 0 Å². The molecule has 35 heavy (non-hydrogen) atoms. The SMILES string of the molecule is COc1cccc(C2C(C(C)=O)N3c4ccc(Cl)cc4C=CC3C23C(=O)c2ccccc2C3=O)c1. The van der Waals surface area contributed by atoms with Gasteiger partial charge in [0.15, 0.2) is 17.3 Å². The van der Waals surface area contributed by atoms with Crippen LogP contribution in [0.15, 0.2) is 72.8 Å². The van der Waals surface area contributed by atoms with Crippen LogP contribution in [0.1, 0.15) is 44.7 Å². The Morgan fingerprint density at radius 2 is 1.69 bits per heavy atom. The zero-order chi connectivity index (χ0) is 24.5. The Morgan fingerprint density at radius 1 is 0.971 bits per heavy atom. The molecule has 3 aromatic rings. The number of fused-ring (bicyclic) bond motifs is 5. The minimum absolute atomic E-state index is 0.118. The maximum Gasteiger partial charge on any atom is 0.180 e. The number of nitrogens with zero attached hydrogens (tertiary/aromatic N) is 1. The van der Waals surface area contributed by atoms with E-state index in [1.54, 1.807) is 37.4 Å². The zero-order valence-electron chi connectivity index (χ0n) is 19.2. The van der Waals surface area contributed by atoms with E-state index in [2.05, 4.69) is 0 Å². The number of carbonyl (C=O) groups excluding carboxylic acids is 3. The number of rotatable bonds is 3. The first-order valence-corrected chi connectivity index (χ1v) is 11.9. The molecule has 0 N–H and O–H groups in total. The third kappa shape index (κ3) is 2.79. The van der Waals surface area contributed by atoms with Crippen molar-refractivity contribution < 1.29 is 19.1 Å². The highest BCUT2D eigenvalue weighted by Gasteiger charge is 2.71. The van der Waals surface area contributed by atoms with Crippen molar-refractivity contribution in [3.63, 3.8) is 0 Å². The van der Waals surface area contributed by atoms with Crippen LogP contribution in [0, 0.1) is 5.41 Å². The van der Waals surface area contributed by atoms with Crippen molar-refractivity contribution in [2.75, 3.05) is 12.0 Å². The van der Waals surface area contributed by atoms with Gasteiger partial charge in [-0.1, -0.05) is 60.2 Å². The highest BCUT2D eigenvalue weighted by atomic mass is 35.5. The highest BCUT2D eigenvalue weighted by molar-refractivity contribution is 6.32. The third-order valence-electron chi connectivity index (χ3n) is 7.64. The fourth-order valence-electron chi connectivity index (χ4n) is 6.31. The number of ketones is 3. The minimum Gasteiger partial charge on any atom is -0.497 e. The van der Waals surface area contributed by atoms with Crippen LogP contribution >= 0.6 is 11.6 Å². The molecule has 0 radical (unpaired) electrons. The van der Waals surface area contributed by atoms with E-state index in [-0.39, 0.29) is 17.3 Å². The second-order valence-corrected chi connectivity index (χ2v) is 9.73. The first kappa shape index (κ1) is 21.8. The van der Waals surface area contributed by atoms with Gasteiger partial charge in [0.05, 0.1) is 19.2 Å². The average Bonchev–Trinajstić information content (AvgIpc) is 3.30. The summed E-state index contributed by atoms with van der Waals surface area (Å²) in [5, 5.41) is 0.574. The lowest BCUT2D eigenvalue weighted by Crippen LogP contribution is -2.48. The molecular weight excluding hydrogens is 462 g/mol. The smallest absolute Gasteiger partial charge is 0.180 e. The molecule has 0 aromatic heterocycles. The number of benzene rings is 3. The van der Waals surface area contributed by atoms with Crippen molar-refractivity contribution >= 4 is 40.7 Å². The monoisotopic (exact) mass is 483 g/mol. The van der Waals surface area contributed by atoms with E-state index in [0.29, 0.717) is 21.9 Å². The van der Waals surface area contributed by atoms with Crippen molar-refractivity contribution in [3.05, 3.63) is 100 Å². The number of hydrogen-bond donors (Lipinski definition) is 0. The van der Waals surface area contributed by atoms with Crippen molar-refractivity contribution in [1.82, 2.24) is 0 Å². The molecule has 3 aromatic carbocycles. The molecule has 2 heterocycles. The lowest BCUT2D eigenvalue weighted by Gasteiger charge is -2.37. The summed E-state index contributed by atoms with van der Waals surface area (Å²) >= 11 is 6.26. The average molecular weight is 484 g/mol. The van der Waals surface area contributed by atoms with Gasteiger partial charge in [0.2, 0.25) is 0 Å². The summed E-state index contributed by atoms with van der Waals surface area (Å²) in [6, 6.07) is 18.4. The van der Waals surface area contributed by atoms with Crippen LogP contribution in [-0.4, -0.2) is 36.5 Å². The van der Waals surface area contributed by atoms with E-state index in [0.717, 1.165) is 16.8 Å². The Balaban J connectivity index is 1.68. The van der Waals surface area contributed by atoms with Crippen LogP contribution in [0.25, 0.3) is 6.08 Å². The number of carbonyl (C=O) groups is 3. The second-order valence-electron chi connectivity index (χ2n) is 9.30. The summed E-state index contributed by atoms with van der Waals surface area (Å²) in [6.45, 7) is 1.53. The van der Waals surface area contributed by atoms with Crippen LogP contribution in [0.2, 0.25) is 5.02 Å². The number of ether oxygens (including phenoxy) is 1. The van der Waals surface area contributed by atoms with Crippen LogP contribution < -0.4 is 9.64 Å². The van der Waals surface area contributed by atoms with Gasteiger partial charge < -0.3 is 9.64 Å². The molecule has 5 nitrogen and oxygen atoms in total. The summed E-state index contributed by atoms with van der Waals surface area (Å²) in [4.78, 5) is 44.0. The molecule has 1 saturated heterocycles. The molecule has 1 aliphatic carbocycles. The van der Waals surface area contributed by atoms with Crippen molar-refractivity contribution in [2.45, 2.75) is 24.9 Å².